The molecule has 0 bridgehead atoms. The lowest BCUT2D eigenvalue weighted by Crippen LogP contribution is -2.12. The van der Waals surface area contributed by atoms with Gasteiger partial charge in [-0.05, 0) is 47.0 Å². The third kappa shape index (κ3) is 4.15. The van der Waals surface area contributed by atoms with Crippen LogP contribution in [0.5, 0.6) is 0 Å². The Morgan fingerprint density at radius 1 is 0.763 bits per heavy atom. The molecule has 4 aromatic heterocycles. The van der Waals surface area contributed by atoms with Crippen molar-refractivity contribution in [1.29, 1.82) is 0 Å². The third-order valence-corrected chi connectivity index (χ3v) is 6.76. The Balaban J connectivity index is 1.20. The average Bonchev–Trinajstić information content (AvgIpc) is 3.73. The molecule has 0 aliphatic carbocycles. The summed E-state index contributed by atoms with van der Waals surface area (Å²) < 4.78 is 5.30. The highest BCUT2D eigenvalue weighted by molar-refractivity contribution is 5.98. The maximum absolute atomic E-state index is 5.30. The number of imidazole rings is 1. The summed E-state index contributed by atoms with van der Waals surface area (Å²) in [4.78, 5) is 12.9. The minimum atomic E-state index is 0.719. The number of hydrogen-bond acceptors (Lipinski definition) is 5. The first-order valence-electron chi connectivity index (χ1n) is 12.5. The van der Waals surface area contributed by atoms with Crippen LogP contribution in [0.15, 0.2) is 108 Å². The molecular formula is C31H24N6O. The van der Waals surface area contributed by atoms with Crippen LogP contribution < -0.4 is 5.32 Å². The van der Waals surface area contributed by atoms with E-state index < -0.39 is 0 Å². The molecule has 0 saturated heterocycles. The number of hydrogen-bond donors (Lipinski definition) is 3. The molecule has 184 valence electrons. The number of nitrogens with one attached hydrogen (secondary N) is 3. The largest absolute Gasteiger partial charge is 0.472 e. The lowest BCUT2D eigenvalue weighted by atomic mass is 10.0. The maximum Gasteiger partial charge on any atom is 0.159 e. The SMILES string of the molecule is c1ccc(CNCc2cncc(-c3ccc4[nH]nc(-c5nc6c(-c7ccoc7)cccc6[nH]5)c4c3)c2)cc1. The van der Waals surface area contributed by atoms with Crippen LogP contribution >= 0.6 is 0 Å². The van der Waals surface area contributed by atoms with Crippen LogP contribution in [-0.4, -0.2) is 25.1 Å². The van der Waals surface area contributed by atoms with E-state index in [0.29, 0.717) is 0 Å². The van der Waals surface area contributed by atoms with Crippen molar-refractivity contribution < 1.29 is 4.42 Å². The number of benzene rings is 3. The number of fused-ring (bicyclic) bond motifs is 2. The highest BCUT2D eigenvalue weighted by atomic mass is 16.3. The smallest absolute Gasteiger partial charge is 0.159 e. The van der Waals surface area contributed by atoms with Gasteiger partial charge in [-0.25, -0.2) is 4.98 Å². The molecular weight excluding hydrogens is 472 g/mol. The number of rotatable bonds is 7. The summed E-state index contributed by atoms with van der Waals surface area (Å²) in [6.07, 6.45) is 7.22. The molecule has 0 saturated carbocycles. The zero-order valence-electron chi connectivity index (χ0n) is 20.5. The van der Waals surface area contributed by atoms with Crippen molar-refractivity contribution in [2.24, 2.45) is 0 Å². The Morgan fingerprint density at radius 2 is 1.68 bits per heavy atom. The van der Waals surface area contributed by atoms with E-state index >= 15 is 0 Å². The summed E-state index contributed by atoms with van der Waals surface area (Å²) >= 11 is 0. The fraction of sp³-hybridized carbons (Fsp3) is 0.0645. The van der Waals surface area contributed by atoms with Crippen molar-refractivity contribution in [3.8, 4) is 33.8 Å². The van der Waals surface area contributed by atoms with E-state index in [4.69, 9.17) is 9.40 Å². The molecule has 0 amide bonds. The van der Waals surface area contributed by atoms with E-state index in [2.05, 4.69) is 74.0 Å². The second-order valence-corrected chi connectivity index (χ2v) is 9.30. The Bertz CT molecular complexity index is 1850. The van der Waals surface area contributed by atoms with Crippen molar-refractivity contribution in [2.45, 2.75) is 13.1 Å². The first-order chi connectivity index (χ1) is 18.8. The van der Waals surface area contributed by atoms with Crippen LogP contribution in [0.1, 0.15) is 11.1 Å². The van der Waals surface area contributed by atoms with E-state index in [1.807, 2.05) is 42.7 Å². The summed E-state index contributed by atoms with van der Waals surface area (Å²) in [6.45, 7) is 1.56. The molecule has 0 atom stereocenters. The van der Waals surface area contributed by atoms with E-state index in [-0.39, 0.29) is 0 Å². The zero-order chi connectivity index (χ0) is 25.3. The summed E-state index contributed by atoms with van der Waals surface area (Å²) in [6, 6.07) is 26.9. The number of aromatic amines is 2. The first-order valence-corrected chi connectivity index (χ1v) is 12.5. The van der Waals surface area contributed by atoms with Crippen molar-refractivity contribution in [2.75, 3.05) is 0 Å². The normalized spacial score (nSPS) is 11.5. The lowest BCUT2D eigenvalue weighted by Gasteiger charge is -2.07. The van der Waals surface area contributed by atoms with E-state index in [1.165, 1.54) is 5.56 Å². The van der Waals surface area contributed by atoms with Crippen LogP contribution in [0.2, 0.25) is 0 Å². The van der Waals surface area contributed by atoms with Gasteiger partial charge in [-0.2, -0.15) is 5.10 Å². The van der Waals surface area contributed by atoms with Gasteiger partial charge in [-0.15, -0.1) is 0 Å². The van der Waals surface area contributed by atoms with Gasteiger partial charge in [0.15, 0.2) is 5.82 Å². The van der Waals surface area contributed by atoms with E-state index in [0.717, 1.165) is 74.4 Å². The molecule has 3 N–H and O–H groups in total. The first kappa shape index (κ1) is 22.2. The van der Waals surface area contributed by atoms with Crippen LogP contribution in [0.25, 0.3) is 55.7 Å². The van der Waals surface area contributed by atoms with Crippen LogP contribution in [0.4, 0.5) is 0 Å². The minimum Gasteiger partial charge on any atom is -0.472 e. The van der Waals surface area contributed by atoms with Gasteiger partial charge >= 0.3 is 0 Å². The van der Waals surface area contributed by atoms with E-state index in [1.54, 1.807) is 12.5 Å². The molecule has 7 aromatic rings. The van der Waals surface area contributed by atoms with Crippen molar-refractivity contribution in [3.63, 3.8) is 0 Å². The number of nitrogens with zero attached hydrogens (tertiary/aromatic N) is 3. The topological polar surface area (TPSA) is 95.4 Å². The van der Waals surface area contributed by atoms with Gasteiger partial charge in [0, 0.05) is 47.6 Å². The molecule has 0 fully saturated rings. The van der Waals surface area contributed by atoms with Gasteiger partial charge in [-0.1, -0.05) is 48.5 Å². The van der Waals surface area contributed by atoms with Crippen LogP contribution in [0.3, 0.4) is 0 Å². The molecule has 0 aliphatic rings. The lowest BCUT2D eigenvalue weighted by molar-refractivity contribution is 0.568. The second kappa shape index (κ2) is 9.46. The number of pyridine rings is 1. The summed E-state index contributed by atoms with van der Waals surface area (Å²) in [5, 5.41) is 12.3. The van der Waals surface area contributed by atoms with Crippen LogP contribution in [-0.2, 0) is 13.1 Å². The number of H-pyrrole nitrogens is 2. The molecule has 0 spiro atoms. The fourth-order valence-electron chi connectivity index (χ4n) is 4.86. The molecule has 7 heteroatoms. The molecule has 0 aliphatic heterocycles. The number of para-hydroxylation sites is 1. The Morgan fingerprint density at radius 3 is 2.58 bits per heavy atom. The van der Waals surface area contributed by atoms with Crippen molar-refractivity contribution in [1.82, 2.24) is 30.5 Å². The van der Waals surface area contributed by atoms with Gasteiger partial charge in [0.1, 0.15) is 5.69 Å². The summed E-state index contributed by atoms with van der Waals surface area (Å²) in [5.74, 6) is 0.719. The van der Waals surface area contributed by atoms with Gasteiger partial charge < -0.3 is 14.7 Å². The van der Waals surface area contributed by atoms with Crippen molar-refractivity contribution >= 4 is 21.9 Å². The molecule has 0 unspecified atom stereocenters. The van der Waals surface area contributed by atoms with Crippen LogP contribution in [0, 0.1) is 0 Å². The average molecular weight is 497 g/mol. The van der Waals surface area contributed by atoms with Gasteiger partial charge in [0.05, 0.1) is 29.1 Å². The standard InChI is InChI=1S/C31H24N6O/c1-2-5-20(6-3-1)15-32-16-21-13-24(18-33-17-21)22-9-10-27-26(14-22)30(37-36-27)31-34-28-8-4-7-25(29(28)35-31)23-11-12-38-19-23/h1-14,17-19,32H,15-16H2,(H,34,35)(H,36,37). The predicted octanol–water partition coefficient (Wildman–Crippen LogP) is 6.72. The van der Waals surface area contributed by atoms with Gasteiger partial charge in [0.2, 0.25) is 0 Å². The Hall–Kier alpha value is -5.01. The number of aromatic nitrogens is 5. The molecule has 7 rings (SSSR count). The van der Waals surface area contributed by atoms with Gasteiger partial charge in [0.25, 0.3) is 0 Å². The molecule has 3 aromatic carbocycles. The second-order valence-electron chi connectivity index (χ2n) is 9.30. The fourth-order valence-corrected chi connectivity index (χ4v) is 4.86. The zero-order valence-corrected chi connectivity index (χ0v) is 20.5. The van der Waals surface area contributed by atoms with Crippen molar-refractivity contribution in [3.05, 3.63) is 115 Å². The molecule has 7 nitrogen and oxygen atoms in total. The number of furan rings is 1. The molecule has 38 heavy (non-hydrogen) atoms. The Kier molecular flexibility index (Phi) is 5.53. The maximum atomic E-state index is 5.30. The predicted molar refractivity (Wildman–Crippen MR) is 149 cm³/mol. The Labute approximate surface area is 218 Å². The monoisotopic (exact) mass is 496 g/mol. The van der Waals surface area contributed by atoms with Gasteiger partial charge in [-0.3, -0.25) is 10.1 Å². The highest BCUT2D eigenvalue weighted by Crippen LogP contribution is 2.33. The highest BCUT2D eigenvalue weighted by Gasteiger charge is 2.16. The third-order valence-electron chi connectivity index (χ3n) is 6.76. The van der Waals surface area contributed by atoms with E-state index in [9.17, 15) is 0 Å². The summed E-state index contributed by atoms with van der Waals surface area (Å²) in [5.41, 5.74) is 10.1. The quantitative estimate of drug-likeness (QED) is 0.228. The molecule has 4 heterocycles. The minimum absolute atomic E-state index is 0.719. The molecule has 0 radical (unpaired) electrons. The summed E-state index contributed by atoms with van der Waals surface area (Å²) in [7, 11) is 0.